The number of piperazine rings is 3. The lowest BCUT2D eigenvalue weighted by Crippen LogP contribution is -2.57. The van der Waals surface area contributed by atoms with Crippen molar-refractivity contribution in [2.24, 2.45) is 0 Å². The van der Waals surface area contributed by atoms with Crippen molar-refractivity contribution >= 4 is 22.6 Å². The fourth-order valence-electron chi connectivity index (χ4n) is 2.44. The van der Waals surface area contributed by atoms with Gasteiger partial charge in [0.05, 0.1) is 9.61 Å². The third kappa shape index (κ3) is 1.78. The second-order valence-corrected chi connectivity index (χ2v) is 5.46. The predicted octanol–water partition coefficient (Wildman–Crippen LogP) is 0.0468. The number of aromatic nitrogens is 2. The maximum Gasteiger partial charge on any atom is 0.264 e. The molecule has 0 amide bonds. The summed E-state index contributed by atoms with van der Waals surface area (Å²) in [5.74, 6) is 0.815. The van der Waals surface area contributed by atoms with Crippen molar-refractivity contribution in [2.45, 2.75) is 6.04 Å². The molecular formula is C10H13IN4O. The van der Waals surface area contributed by atoms with Crippen molar-refractivity contribution in [3.8, 4) is 0 Å². The van der Waals surface area contributed by atoms with Crippen LogP contribution in [0, 0.1) is 3.57 Å². The molecule has 5 nitrogen and oxygen atoms in total. The summed E-state index contributed by atoms with van der Waals surface area (Å²) in [6.45, 7) is 5.44. The molecule has 3 saturated heterocycles. The van der Waals surface area contributed by atoms with E-state index >= 15 is 0 Å². The van der Waals surface area contributed by atoms with Crippen molar-refractivity contribution in [1.29, 1.82) is 0 Å². The van der Waals surface area contributed by atoms with Crippen LogP contribution < -0.4 is 5.56 Å². The third-order valence-electron chi connectivity index (χ3n) is 3.37. The normalized spacial score (nSPS) is 32.9. The van der Waals surface area contributed by atoms with E-state index in [1.807, 2.05) is 22.6 Å². The van der Waals surface area contributed by atoms with Crippen molar-refractivity contribution in [3.63, 3.8) is 0 Å². The SMILES string of the molecule is O=c1[nH]c(C2CN3CCN2CC3)ncc1I. The lowest BCUT2D eigenvalue weighted by molar-refractivity contribution is 0.00852. The van der Waals surface area contributed by atoms with Gasteiger partial charge in [-0.05, 0) is 22.6 Å². The summed E-state index contributed by atoms with van der Waals surface area (Å²) in [5, 5.41) is 0. The van der Waals surface area contributed by atoms with E-state index in [0.717, 1.165) is 38.5 Å². The zero-order chi connectivity index (χ0) is 11.1. The molecule has 1 unspecified atom stereocenters. The van der Waals surface area contributed by atoms with Crippen LogP contribution in [-0.4, -0.2) is 52.5 Å². The second-order valence-electron chi connectivity index (χ2n) is 4.30. The predicted molar refractivity (Wildman–Crippen MR) is 68.3 cm³/mol. The first kappa shape index (κ1) is 10.7. The molecule has 3 fully saturated rings. The van der Waals surface area contributed by atoms with Gasteiger partial charge >= 0.3 is 0 Å². The summed E-state index contributed by atoms with van der Waals surface area (Å²) in [6.07, 6.45) is 1.66. The summed E-state index contributed by atoms with van der Waals surface area (Å²) in [4.78, 5) is 23.6. The number of hydrogen-bond acceptors (Lipinski definition) is 4. The number of H-pyrrole nitrogens is 1. The van der Waals surface area contributed by atoms with Crippen LogP contribution >= 0.6 is 22.6 Å². The van der Waals surface area contributed by atoms with E-state index in [2.05, 4.69) is 19.8 Å². The van der Waals surface area contributed by atoms with Gasteiger partial charge in [-0.1, -0.05) is 0 Å². The molecule has 1 N–H and O–H groups in total. The Kier molecular flexibility index (Phi) is 2.72. The highest BCUT2D eigenvalue weighted by atomic mass is 127. The molecule has 16 heavy (non-hydrogen) atoms. The van der Waals surface area contributed by atoms with Crippen LogP contribution in [-0.2, 0) is 0 Å². The van der Waals surface area contributed by atoms with Gasteiger partial charge in [0.2, 0.25) is 0 Å². The molecule has 3 aliphatic rings. The fourth-order valence-corrected chi connectivity index (χ4v) is 2.71. The van der Waals surface area contributed by atoms with Gasteiger partial charge in [0.25, 0.3) is 5.56 Å². The number of nitrogens with one attached hydrogen (secondary N) is 1. The van der Waals surface area contributed by atoms with Gasteiger partial charge in [0.15, 0.2) is 0 Å². The second kappa shape index (κ2) is 4.08. The molecule has 0 spiro atoms. The van der Waals surface area contributed by atoms with Crippen molar-refractivity contribution in [3.05, 3.63) is 25.9 Å². The van der Waals surface area contributed by atoms with Crippen LogP contribution in [0.3, 0.4) is 0 Å². The van der Waals surface area contributed by atoms with E-state index in [1.165, 1.54) is 0 Å². The Hall–Kier alpha value is -0.470. The Labute approximate surface area is 107 Å². The van der Waals surface area contributed by atoms with Crippen molar-refractivity contribution < 1.29 is 0 Å². The standard InChI is InChI=1S/C10H13IN4O/c11-7-5-12-9(13-10(7)16)8-6-14-1-3-15(8)4-2-14/h5,8H,1-4,6H2,(H,12,13,16). The molecule has 86 valence electrons. The van der Waals surface area contributed by atoms with E-state index in [-0.39, 0.29) is 11.6 Å². The highest BCUT2D eigenvalue weighted by Crippen LogP contribution is 2.25. The molecule has 0 aromatic carbocycles. The molecule has 4 heterocycles. The Bertz CT molecular complexity index is 452. The molecular weight excluding hydrogens is 319 g/mol. The first-order valence-electron chi connectivity index (χ1n) is 5.45. The van der Waals surface area contributed by atoms with Crippen LogP contribution in [0.15, 0.2) is 11.0 Å². The molecule has 0 saturated carbocycles. The third-order valence-corrected chi connectivity index (χ3v) is 4.14. The van der Waals surface area contributed by atoms with Crippen LogP contribution in [0.5, 0.6) is 0 Å². The minimum absolute atomic E-state index is 0.0248. The topological polar surface area (TPSA) is 52.2 Å². The van der Waals surface area contributed by atoms with Gasteiger partial charge in [-0.3, -0.25) is 14.6 Å². The van der Waals surface area contributed by atoms with E-state index in [9.17, 15) is 4.79 Å². The van der Waals surface area contributed by atoms with Crippen molar-refractivity contribution in [2.75, 3.05) is 32.7 Å². The average molecular weight is 332 g/mol. The highest BCUT2D eigenvalue weighted by molar-refractivity contribution is 14.1. The molecule has 1 aromatic heterocycles. The largest absolute Gasteiger partial charge is 0.308 e. The van der Waals surface area contributed by atoms with Gasteiger partial charge in [-0.15, -0.1) is 0 Å². The van der Waals surface area contributed by atoms with Crippen LogP contribution in [0.25, 0.3) is 0 Å². The Morgan fingerprint density at radius 3 is 2.69 bits per heavy atom. The number of aromatic amines is 1. The van der Waals surface area contributed by atoms with Crippen molar-refractivity contribution in [1.82, 2.24) is 19.8 Å². The first-order chi connectivity index (χ1) is 7.74. The molecule has 4 rings (SSSR count). The van der Waals surface area contributed by atoms with E-state index in [4.69, 9.17) is 0 Å². The first-order valence-corrected chi connectivity index (χ1v) is 6.53. The zero-order valence-electron chi connectivity index (χ0n) is 8.82. The molecule has 1 aromatic rings. The van der Waals surface area contributed by atoms with Gasteiger partial charge in [-0.25, -0.2) is 4.98 Å². The van der Waals surface area contributed by atoms with Crippen LogP contribution in [0.1, 0.15) is 11.9 Å². The Balaban J connectivity index is 1.92. The zero-order valence-corrected chi connectivity index (χ0v) is 11.0. The highest BCUT2D eigenvalue weighted by Gasteiger charge is 2.34. The minimum atomic E-state index is -0.0248. The quantitative estimate of drug-likeness (QED) is 0.739. The lowest BCUT2D eigenvalue weighted by atomic mass is 10.1. The Morgan fingerprint density at radius 1 is 1.38 bits per heavy atom. The molecule has 2 bridgehead atoms. The van der Waals surface area contributed by atoms with Gasteiger partial charge < -0.3 is 4.98 Å². The van der Waals surface area contributed by atoms with Gasteiger partial charge in [-0.2, -0.15) is 0 Å². The minimum Gasteiger partial charge on any atom is -0.308 e. The van der Waals surface area contributed by atoms with E-state index in [1.54, 1.807) is 6.20 Å². The van der Waals surface area contributed by atoms with Crippen LogP contribution in [0.4, 0.5) is 0 Å². The summed E-state index contributed by atoms with van der Waals surface area (Å²) in [5.41, 5.74) is -0.0248. The summed E-state index contributed by atoms with van der Waals surface area (Å²) in [7, 11) is 0. The van der Waals surface area contributed by atoms with Gasteiger partial charge in [0.1, 0.15) is 5.82 Å². The average Bonchev–Trinajstić information content (AvgIpc) is 2.34. The number of hydrogen-bond donors (Lipinski definition) is 1. The number of fused-ring (bicyclic) bond motifs is 3. The molecule has 0 radical (unpaired) electrons. The fraction of sp³-hybridized carbons (Fsp3) is 0.600. The number of nitrogens with zero attached hydrogens (tertiary/aromatic N) is 3. The number of rotatable bonds is 1. The summed E-state index contributed by atoms with van der Waals surface area (Å²) in [6, 6.07) is 0.271. The van der Waals surface area contributed by atoms with E-state index in [0.29, 0.717) is 3.57 Å². The summed E-state index contributed by atoms with van der Waals surface area (Å²) < 4.78 is 0.651. The maximum absolute atomic E-state index is 11.6. The maximum atomic E-state index is 11.6. The monoisotopic (exact) mass is 332 g/mol. The molecule has 0 aliphatic carbocycles. The number of halogens is 1. The summed E-state index contributed by atoms with van der Waals surface area (Å²) >= 11 is 2.00. The smallest absolute Gasteiger partial charge is 0.264 e. The van der Waals surface area contributed by atoms with Crippen LogP contribution in [0.2, 0.25) is 0 Å². The Morgan fingerprint density at radius 2 is 2.12 bits per heavy atom. The van der Waals surface area contributed by atoms with Gasteiger partial charge in [0, 0.05) is 38.9 Å². The molecule has 1 atom stereocenters. The lowest BCUT2D eigenvalue weighted by Gasteiger charge is -2.46. The van der Waals surface area contributed by atoms with E-state index < -0.39 is 0 Å². The molecule has 6 heteroatoms. The molecule has 3 aliphatic heterocycles.